The number of carbonyl (C=O) groups excluding carboxylic acids is 1. The average molecular weight is 878 g/mol. The van der Waals surface area contributed by atoms with Crippen molar-refractivity contribution < 1.29 is 43.6 Å². The summed E-state index contributed by atoms with van der Waals surface area (Å²) in [5.74, 6) is 2.72. The molecule has 0 bridgehead atoms. The molecule has 1 atom stereocenters. The van der Waals surface area contributed by atoms with Crippen LogP contribution in [0.3, 0.4) is 0 Å². The molecular weight excluding hydrogens is 841 g/mol. The van der Waals surface area contributed by atoms with Crippen molar-refractivity contribution in [3.05, 3.63) is 93.5 Å². The SMILES string of the molecule is Cn1nc(NS(C)(=O)=O)c2c(Cl)ccc(-c3ccc(C#CC(C)(C)S(=O)(=O)C4CC4)nc3[C@H](Cc3cc(F)cc(F)c3)NC(=O)Cn3nc(C(F)(F)F)cc3C3CC3)c21. The number of carbonyl (C=O) groups is 1. The van der Waals surface area contributed by atoms with E-state index in [9.17, 15) is 43.6 Å². The molecule has 0 spiro atoms. The Bertz CT molecular complexity index is 2780. The molecule has 59 heavy (non-hydrogen) atoms. The van der Waals surface area contributed by atoms with Crippen LogP contribution in [0, 0.1) is 23.5 Å². The van der Waals surface area contributed by atoms with E-state index in [-0.39, 0.29) is 56.8 Å². The van der Waals surface area contributed by atoms with Crippen LogP contribution in [0.25, 0.3) is 22.0 Å². The molecule has 2 aliphatic carbocycles. The van der Waals surface area contributed by atoms with Crippen molar-refractivity contribution in [2.24, 2.45) is 7.05 Å². The van der Waals surface area contributed by atoms with Crippen LogP contribution in [-0.2, 0) is 50.8 Å². The smallest absolute Gasteiger partial charge is 0.346 e. The molecule has 5 aromatic rings. The van der Waals surface area contributed by atoms with E-state index in [0.29, 0.717) is 42.8 Å². The number of aryl methyl sites for hydroxylation is 1. The molecule has 3 aromatic heterocycles. The fraction of sp³-hybridized carbons (Fsp3) is 0.385. The summed E-state index contributed by atoms with van der Waals surface area (Å²) in [6.45, 7) is 2.31. The number of nitrogens with zero attached hydrogens (tertiary/aromatic N) is 5. The summed E-state index contributed by atoms with van der Waals surface area (Å²) < 4.78 is 125. The van der Waals surface area contributed by atoms with Gasteiger partial charge in [0.2, 0.25) is 15.9 Å². The van der Waals surface area contributed by atoms with Crippen molar-refractivity contribution >= 4 is 54.1 Å². The van der Waals surface area contributed by atoms with Crippen LogP contribution in [0.15, 0.2) is 48.5 Å². The molecule has 3 heterocycles. The molecule has 0 saturated heterocycles. The number of benzene rings is 2. The Kier molecular flexibility index (Phi) is 10.8. The monoisotopic (exact) mass is 877 g/mol. The first-order valence-electron chi connectivity index (χ1n) is 18.3. The molecule has 0 radical (unpaired) electrons. The third-order valence-corrected chi connectivity index (χ3v) is 13.8. The number of pyridine rings is 1. The van der Waals surface area contributed by atoms with Crippen molar-refractivity contribution in [3.63, 3.8) is 0 Å². The number of fused-ring (bicyclic) bond motifs is 1. The van der Waals surface area contributed by atoms with E-state index < -0.39 is 71.9 Å². The number of rotatable bonds is 12. The molecule has 12 nitrogen and oxygen atoms in total. The molecule has 2 aromatic carbocycles. The quantitative estimate of drug-likeness (QED) is 0.102. The number of anilines is 1. The number of aromatic nitrogens is 5. The summed E-state index contributed by atoms with van der Waals surface area (Å²) in [6.07, 6.45) is -1.86. The molecule has 312 valence electrons. The van der Waals surface area contributed by atoms with Crippen molar-refractivity contribution in [2.75, 3.05) is 11.0 Å². The second-order valence-corrected chi connectivity index (χ2v) is 20.2. The molecule has 0 aliphatic heterocycles. The fourth-order valence-corrected chi connectivity index (χ4v) is 9.44. The minimum atomic E-state index is -4.77. The largest absolute Gasteiger partial charge is 0.435 e. The Labute approximate surface area is 341 Å². The predicted molar refractivity (Wildman–Crippen MR) is 210 cm³/mol. The topological polar surface area (TPSA) is 158 Å². The Morgan fingerprint density at radius 3 is 2.24 bits per heavy atom. The predicted octanol–water partition coefficient (Wildman–Crippen LogP) is 6.84. The van der Waals surface area contributed by atoms with Crippen molar-refractivity contribution in [3.8, 4) is 23.0 Å². The lowest BCUT2D eigenvalue weighted by Crippen LogP contribution is -2.34. The van der Waals surface area contributed by atoms with Gasteiger partial charge in [-0.1, -0.05) is 23.6 Å². The summed E-state index contributed by atoms with van der Waals surface area (Å²) in [5.41, 5.74) is 0.223. The first-order valence-corrected chi connectivity index (χ1v) is 22.1. The van der Waals surface area contributed by atoms with Gasteiger partial charge in [0, 0.05) is 35.9 Å². The summed E-state index contributed by atoms with van der Waals surface area (Å²) in [6, 6.07) is 8.58. The third-order valence-electron chi connectivity index (χ3n) is 10.0. The Balaban J connectivity index is 1.40. The number of nitrogens with one attached hydrogen (secondary N) is 2. The zero-order valence-corrected chi connectivity index (χ0v) is 34.3. The number of sulfonamides is 1. The van der Waals surface area contributed by atoms with Gasteiger partial charge in [-0.25, -0.2) is 30.6 Å². The minimum absolute atomic E-state index is 0.0546. The van der Waals surface area contributed by atoms with Gasteiger partial charge in [-0.15, -0.1) is 0 Å². The van der Waals surface area contributed by atoms with E-state index in [2.05, 4.69) is 32.1 Å². The normalized spacial score (nSPS) is 15.5. The highest BCUT2D eigenvalue weighted by Gasteiger charge is 2.45. The molecule has 2 aliphatic rings. The van der Waals surface area contributed by atoms with E-state index in [4.69, 9.17) is 16.6 Å². The summed E-state index contributed by atoms with van der Waals surface area (Å²) in [5, 5.41) is 10.7. The van der Waals surface area contributed by atoms with Gasteiger partial charge in [-0.05, 0) is 93.8 Å². The second-order valence-electron chi connectivity index (χ2n) is 15.3. The summed E-state index contributed by atoms with van der Waals surface area (Å²) >= 11 is 6.61. The van der Waals surface area contributed by atoms with Crippen LogP contribution in [0.2, 0.25) is 5.02 Å². The number of hydrogen-bond acceptors (Lipinski definition) is 8. The molecule has 2 saturated carbocycles. The summed E-state index contributed by atoms with van der Waals surface area (Å²) in [7, 11) is -5.94. The van der Waals surface area contributed by atoms with Gasteiger partial charge >= 0.3 is 6.18 Å². The van der Waals surface area contributed by atoms with E-state index in [1.807, 2.05) is 0 Å². The van der Waals surface area contributed by atoms with Crippen LogP contribution < -0.4 is 10.0 Å². The zero-order chi connectivity index (χ0) is 42.8. The molecule has 7 rings (SSSR count). The van der Waals surface area contributed by atoms with E-state index in [0.717, 1.165) is 29.1 Å². The number of alkyl halides is 3. The average Bonchev–Trinajstić information content (AvgIpc) is 4.06. The molecule has 0 unspecified atom stereocenters. The lowest BCUT2D eigenvalue weighted by Gasteiger charge is -2.23. The van der Waals surface area contributed by atoms with E-state index in [1.54, 1.807) is 12.1 Å². The highest BCUT2D eigenvalue weighted by atomic mass is 35.5. The molecule has 1 amide bonds. The maximum absolute atomic E-state index is 14.6. The van der Waals surface area contributed by atoms with Gasteiger partial charge < -0.3 is 5.32 Å². The lowest BCUT2D eigenvalue weighted by atomic mass is 9.93. The first-order chi connectivity index (χ1) is 27.5. The Hall–Kier alpha value is -5.06. The molecule has 20 heteroatoms. The van der Waals surface area contributed by atoms with Gasteiger partial charge in [0.1, 0.15) is 28.6 Å². The van der Waals surface area contributed by atoms with Crippen LogP contribution >= 0.6 is 11.6 Å². The van der Waals surface area contributed by atoms with Crippen LogP contribution in [-0.4, -0.2) is 63.5 Å². The van der Waals surface area contributed by atoms with Crippen LogP contribution in [0.1, 0.15) is 79.8 Å². The summed E-state index contributed by atoms with van der Waals surface area (Å²) in [4.78, 5) is 18.8. The van der Waals surface area contributed by atoms with Gasteiger partial charge in [-0.2, -0.15) is 23.4 Å². The zero-order valence-electron chi connectivity index (χ0n) is 32.0. The Morgan fingerprint density at radius 2 is 1.63 bits per heavy atom. The highest BCUT2D eigenvalue weighted by Crippen LogP contribution is 2.43. The number of hydrogen-bond donors (Lipinski definition) is 2. The van der Waals surface area contributed by atoms with Gasteiger partial charge in [0.25, 0.3) is 0 Å². The Morgan fingerprint density at radius 1 is 0.966 bits per heavy atom. The maximum atomic E-state index is 14.6. The standard InChI is InChI=1S/C39H37ClF5N7O5S2/c1-38(2,59(56,57)26-8-9-26)14-13-25-7-10-27(28-11-12-29(40)34-36(28)51(3)49-37(34)50-58(4,54)55)35(46-25)30(17-21-15-23(41)18-24(42)16-21)47-33(53)20-52-31(22-5-6-22)19-32(48-52)39(43,44)45/h7,10-12,15-16,18-19,22,26,30H,5-6,8-9,17,20H2,1-4H3,(H,47,53)(H,49,50)/t30-/m0/s1. The van der Waals surface area contributed by atoms with Gasteiger partial charge in [0.05, 0.1) is 39.2 Å². The molecule has 2 fully saturated rings. The van der Waals surface area contributed by atoms with E-state index in [1.165, 1.54) is 37.7 Å². The minimum Gasteiger partial charge on any atom is -0.346 e. The highest BCUT2D eigenvalue weighted by molar-refractivity contribution is 7.93. The van der Waals surface area contributed by atoms with Gasteiger partial charge in [-0.3, -0.25) is 18.9 Å². The third kappa shape index (κ3) is 9.09. The number of halogens is 6. The molecular formula is C39H37ClF5N7O5S2. The van der Waals surface area contributed by atoms with E-state index >= 15 is 0 Å². The van der Waals surface area contributed by atoms with Crippen molar-refractivity contribution in [1.29, 1.82) is 0 Å². The first kappa shape index (κ1) is 42.1. The van der Waals surface area contributed by atoms with Crippen molar-refractivity contribution in [1.82, 2.24) is 29.9 Å². The number of amides is 1. The second kappa shape index (κ2) is 15.2. The van der Waals surface area contributed by atoms with Gasteiger partial charge in [0.15, 0.2) is 21.3 Å². The maximum Gasteiger partial charge on any atom is 0.435 e. The fourth-order valence-electron chi connectivity index (χ4n) is 6.92. The molecule has 2 N–H and O–H groups in total. The van der Waals surface area contributed by atoms with Crippen LogP contribution in [0.4, 0.5) is 27.8 Å². The van der Waals surface area contributed by atoms with Crippen LogP contribution in [0.5, 0.6) is 0 Å². The number of sulfone groups is 1. The van der Waals surface area contributed by atoms with Crippen molar-refractivity contribution in [2.45, 2.75) is 80.6 Å². The lowest BCUT2D eigenvalue weighted by molar-refractivity contribution is -0.141.